The molecular weight excluding hydrogens is 442 g/mol. The molecule has 0 aliphatic carbocycles. The van der Waals surface area contributed by atoms with Gasteiger partial charge in [-0.3, -0.25) is 9.59 Å². The maximum Gasteiger partial charge on any atom is 0.290 e. The number of aryl methyl sites for hydroxylation is 1. The van der Waals surface area contributed by atoms with Gasteiger partial charge in [0.2, 0.25) is 5.78 Å². The summed E-state index contributed by atoms with van der Waals surface area (Å²) in [6.45, 7) is 2.39. The fraction of sp³-hybridized carbons (Fsp3) is 0.273. The Morgan fingerprint density at radius 1 is 1.32 bits per heavy atom. The summed E-state index contributed by atoms with van der Waals surface area (Å²) < 4.78 is 16.2. The van der Waals surface area contributed by atoms with Crippen molar-refractivity contribution in [3.05, 3.63) is 62.2 Å². The number of thiophene rings is 1. The van der Waals surface area contributed by atoms with E-state index >= 15 is 0 Å². The Balaban J connectivity index is 1.82. The number of carbonyl (C=O) groups is 2. The van der Waals surface area contributed by atoms with Gasteiger partial charge in [-0.15, -0.1) is 11.3 Å². The molecule has 1 aromatic carbocycles. The predicted octanol–water partition coefficient (Wildman–Crippen LogP) is 4.69. The molecule has 0 saturated carbocycles. The molecule has 0 spiro atoms. The number of rotatable bonds is 7. The summed E-state index contributed by atoms with van der Waals surface area (Å²) in [6, 6.07) is 5.95. The number of aliphatic hydroxyl groups is 1. The molecule has 1 N–H and O–H groups in total. The van der Waals surface area contributed by atoms with Crippen LogP contribution in [0.3, 0.4) is 0 Å². The van der Waals surface area contributed by atoms with Crippen LogP contribution in [0.25, 0.3) is 11.0 Å². The Morgan fingerprint density at radius 2 is 2.10 bits per heavy atom. The number of hydrogen-bond acceptors (Lipinski definition) is 7. The molecule has 31 heavy (non-hydrogen) atoms. The van der Waals surface area contributed by atoms with Gasteiger partial charge in [-0.05, 0) is 36.1 Å². The van der Waals surface area contributed by atoms with Crippen molar-refractivity contribution in [2.45, 2.75) is 13.0 Å². The molecule has 0 radical (unpaired) electrons. The minimum Gasteiger partial charge on any atom is -0.503 e. The molecule has 9 heteroatoms. The van der Waals surface area contributed by atoms with E-state index in [0.29, 0.717) is 21.7 Å². The van der Waals surface area contributed by atoms with Crippen LogP contribution in [0.4, 0.5) is 0 Å². The molecule has 0 fully saturated rings. The molecule has 3 aromatic rings. The van der Waals surface area contributed by atoms with Gasteiger partial charge in [0.15, 0.2) is 22.9 Å². The van der Waals surface area contributed by atoms with Gasteiger partial charge in [0, 0.05) is 35.0 Å². The number of aliphatic hydroxyl groups excluding tert-OH is 1. The summed E-state index contributed by atoms with van der Waals surface area (Å²) >= 11 is 7.54. The first-order chi connectivity index (χ1) is 14.9. The lowest BCUT2D eigenvalue weighted by Gasteiger charge is -2.25. The van der Waals surface area contributed by atoms with Crippen molar-refractivity contribution in [3.8, 4) is 5.75 Å². The minimum atomic E-state index is -0.728. The normalized spacial score (nSPS) is 16.6. The van der Waals surface area contributed by atoms with E-state index < -0.39 is 23.5 Å². The molecule has 3 heterocycles. The van der Waals surface area contributed by atoms with Gasteiger partial charge in [-0.2, -0.15) is 0 Å². The van der Waals surface area contributed by atoms with Crippen LogP contribution in [0.1, 0.15) is 27.0 Å². The molecular formula is C22H20ClNO6S. The second-order valence-corrected chi connectivity index (χ2v) is 8.47. The highest BCUT2D eigenvalue weighted by Gasteiger charge is 2.45. The average Bonchev–Trinajstić information content (AvgIpc) is 3.42. The van der Waals surface area contributed by atoms with E-state index in [1.807, 2.05) is 18.4 Å². The number of ether oxygens (including phenoxy) is 2. The number of Topliss-reactive ketones (excluding diaryl/α,β-unsaturated/α-hetero) is 1. The number of halogens is 1. The number of fused-ring (bicyclic) bond motifs is 1. The van der Waals surface area contributed by atoms with E-state index in [-0.39, 0.29) is 24.5 Å². The zero-order valence-corrected chi connectivity index (χ0v) is 18.7. The molecule has 1 unspecified atom stereocenters. The van der Waals surface area contributed by atoms with E-state index in [0.717, 1.165) is 10.4 Å². The Bertz CT molecular complexity index is 1210. The molecule has 7 nitrogen and oxygen atoms in total. The van der Waals surface area contributed by atoms with Gasteiger partial charge in [0.1, 0.15) is 6.04 Å². The van der Waals surface area contributed by atoms with Crippen LogP contribution in [0.5, 0.6) is 5.75 Å². The van der Waals surface area contributed by atoms with Crippen LogP contribution in [-0.4, -0.2) is 49.1 Å². The fourth-order valence-electron chi connectivity index (χ4n) is 3.73. The summed E-state index contributed by atoms with van der Waals surface area (Å²) in [6.07, 6.45) is 0. The Kier molecular flexibility index (Phi) is 5.79. The lowest BCUT2D eigenvalue weighted by Crippen LogP contribution is -2.33. The number of ketones is 1. The minimum absolute atomic E-state index is 0.0160. The Labute approximate surface area is 187 Å². The zero-order valence-electron chi connectivity index (χ0n) is 17.1. The third-order valence-electron chi connectivity index (χ3n) is 5.23. The maximum absolute atomic E-state index is 13.5. The van der Waals surface area contributed by atoms with Crippen molar-refractivity contribution < 1.29 is 28.6 Å². The largest absolute Gasteiger partial charge is 0.503 e. The van der Waals surface area contributed by atoms with Crippen LogP contribution in [0, 0.1) is 6.92 Å². The van der Waals surface area contributed by atoms with Crippen LogP contribution in [0.15, 0.2) is 45.4 Å². The number of benzene rings is 1. The zero-order chi connectivity index (χ0) is 22.3. The average molecular weight is 462 g/mol. The van der Waals surface area contributed by atoms with Gasteiger partial charge >= 0.3 is 0 Å². The number of carbonyl (C=O) groups excluding carboxylic acids is 2. The third kappa shape index (κ3) is 3.60. The van der Waals surface area contributed by atoms with Crippen LogP contribution in [-0.2, 0) is 9.53 Å². The topological polar surface area (TPSA) is 89.2 Å². The molecule has 0 bridgehead atoms. The first kappa shape index (κ1) is 21.4. The molecule has 1 aliphatic heterocycles. The standard InChI is InChI=1S/C22H20ClNO6S/c1-11-4-7-31-21(11)17-16(19(26)22(27)24(17)5-6-28-2)18(25)14-9-12-8-13(23)10-15(29-3)20(12)30-14/h4,7-10,17,26H,5-6H2,1-3H3. The first-order valence-corrected chi connectivity index (χ1v) is 10.7. The van der Waals surface area contributed by atoms with Gasteiger partial charge in [0.25, 0.3) is 5.91 Å². The molecule has 1 aliphatic rings. The van der Waals surface area contributed by atoms with Gasteiger partial charge in [-0.25, -0.2) is 0 Å². The number of amides is 1. The second-order valence-electron chi connectivity index (χ2n) is 7.09. The molecule has 4 rings (SSSR count). The summed E-state index contributed by atoms with van der Waals surface area (Å²) in [5.41, 5.74) is 1.26. The molecule has 0 saturated heterocycles. The van der Waals surface area contributed by atoms with Crippen LogP contribution >= 0.6 is 22.9 Å². The monoisotopic (exact) mass is 461 g/mol. The van der Waals surface area contributed by atoms with Crippen molar-refractivity contribution in [2.75, 3.05) is 27.4 Å². The fourth-order valence-corrected chi connectivity index (χ4v) is 4.99. The molecule has 1 atom stereocenters. The predicted molar refractivity (Wildman–Crippen MR) is 117 cm³/mol. The summed E-state index contributed by atoms with van der Waals surface area (Å²) in [7, 11) is 3.00. The van der Waals surface area contributed by atoms with E-state index in [1.54, 1.807) is 12.1 Å². The number of furan rings is 1. The van der Waals surface area contributed by atoms with Crippen molar-refractivity contribution >= 4 is 45.6 Å². The SMILES string of the molecule is COCCN1C(=O)C(O)=C(C(=O)c2cc3cc(Cl)cc(OC)c3o2)C1c1sccc1C. The van der Waals surface area contributed by atoms with Gasteiger partial charge < -0.3 is 23.9 Å². The highest BCUT2D eigenvalue weighted by atomic mass is 35.5. The van der Waals surface area contributed by atoms with E-state index in [9.17, 15) is 14.7 Å². The summed E-state index contributed by atoms with van der Waals surface area (Å²) in [5, 5.41) is 13.6. The highest BCUT2D eigenvalue weighted by molar-refractivity contribution is 7.10. The maximum atomic E-state index is 13.5. The van der Waals surface area contributed by atoms with Crippen molar-refractivity contribution in [1.29, 1.82) is 0 Å². The quantitative estimate of drug-likeness (QED) is 0.513. The smallest absolute Gasteiger partial charge is 0.290 e. The number of nitrogens with zero attached hydrogens (tertiary/aromatic N) is 1. The third-order valence-corrected chi connectivity index (χ3v) is 6.51. The second kappa shape index (κ2) is 8.37. The van der Waals surface area contributed by atoms with Crippen molar-refractivity contribution in [2.24, 2.45) is 0 Å². The van der Waals surface area contributed by atoms with Gasteiger partial charge in [-0.1, -0.05) is 11.6 Å². The van der Waals surface area contributed by atoms with E-state index in [1.165, 1.54) is 36.5 Å². The van der Waals surface area contributed by atoms with Crippen molar-refractivity contribution in [1.82, 2.24) is 4.90 Å². The summed E-state index contributed by atoms with van der Waals surface area (Å²) in [5.74, 6) is -1.40. The number of hydrogen-bond donors (Lipinski definition) is 1. The first-order valence-electron chi connectivity index (χ1n) is 9.46. The lowest BCUT2D eigenvalue weighted by molar-refractivity contribution is -0.130. The van der Waals surface area contributed by atoms with Crippen LogP contribution < -0.4 is 4.74 Å². The lowest BCUT2D eigenvalue weighted by atomic mass is 9.98. The molecule has 2 aromatic heterocycles. The highest BCUT2D eigenvalue weighted by Crippen LogP contribution is 2.43. The summed E-state index contributed by atoms with van der Waals surface area (Å²) in [4.78, 5) is 28.6. The molecule has 1 amide bonds. The van der Waals surface area contributed by atoms with Crippen molar-refractivity contribution in [3.63, 3.8) is 0 Å². The Morgan fingerprint density at radius 3 is 2.74 bits per heavy atom. The van der Waals surface area contributed by atoms with Gasteiger partial charge in [0.05, 0.1) is 19.3 Å². The number of methoxy groups -OCH3 is 2. The molecule has 162 valence electrons. The van der Waals surface area contributed by atoms with Crippen LogP contribution in [0.2, 0.25) is 5.02 Å². The van der Waals surface area contributed by atoms with E-state index in [2.05, 4.69) is 0 Å². The van der Waals surface area contributed by atoms with E-state index in [4.69, 9.17) is 25.5 Å². The Hall–Kier alpha value is -2.81.